The van der Waals surface area contributed by atoms with E-state index < -0.39 is 0 Å². The van der Waals surface area contributed by atoms with Crippen LogP contribution in [0.25, 0.3) is 0 Å². The second kappa shape index (κ2) is 5.54. The van der Waals surface area contributed by atoms with Crippen molar-refractivity contribution in [3.63, 3.8) is 0 Å². The van der Waals surface area contributed by atoms with Crippen LogP contribution in [-0.4, -0.2) is 13.4 Å². The van der Waals surface area contributed by atoms with Crippen LogP contribution in [0.4, 0.5) is 0 Å². The number of carbonyl (C=O) groups excluding carboxylic acids is 1. The van der Waals surface area contributed by atoms with Gasteiger partial charge < -0.3 is 4.74 Å². The molecule has 0 saturated heterocycles. The summed E-state index contributed by atoms with van der Waals surface area (Å²) in [5.41, 5.74) is 1.84. The van der Waals surface area contributed by atoms with Crippen LogP contribution in [0, 0.1) is 5.92 Å². The number of methoxy groups -OCH3 is 1. The van der Waals surface area contributed by atoms with Crippen LogP contribution in [0.15, 0.2) is 18.2 Å². The molecule has 2 nitrogen and oxygen atoms in total. The Morgan fingerprint density at radius 2 is 2.13 bits per heavy atom. The lowest BCUT2D eigenvalue weighted by Gasteiger charge is -2.08. The molecule has 0 heterocycles. The lowest BCUT2D eigenvalue weighted by atomic mass is 10.0. The van der Waals surface area contributed by atoms with Crippen molar-refractivity contribution in [2.24, 2.45) is 5.92 Å². The van der Waals surface area contributed by atoms with Crippen molar-refractivity contribution < 1.29 is 9.53 Å². The molecule has 0 aromatic heterocycles. The van der Waals surface area contributed by atoms with Gasteiger partial charge in [-0.2, -0.15) is 0 Å². The topological polar surface area (TPSA) is 26.3 Å². The number of hydrogen-bond acceptors (Lipinski definition) is 2. The minimum absolute atomic E-state index is 0.638. The zero-order valence-corrected chi connectivity index (χ0v) is 9.62. The highest BCUT2D eigenvalue weighted by atomic mass is 16.5. The van der Waals surface area contributed by atoms with Crippen molar-refractivity contribution in [2.75, 3.05) is 7.11 Å². The number of carbonyl (C=O) groups is 1. The maximum absolute atomic E-state index is 10.8. The average molecular weight is 206 g/mol. The summed E-state index contributed by atoms with van der Waals surface area (Å²) in [4.78, 5) is 10.8. The normalized spacial score (nSPS) is 10.4. The van der Waals surface area contributed by atoms with Crippen molar-refractivity contribution in [1.29, 1.82) is 0 Å². The molecule has 0 saturated carbocycles. The second-order valence-electron chi connectivity index (χ2n) is 4.13. The smallest absolute Gasteiger partial charge is 0.153 e. The molecule has 0 amide bonds. The number of hydrogen-bond donors (Lipinski definition) is 0. The molecule has 0 aliphatic heterocycles. The Balaban J connectivity index is 2.79. The van der Waals surface area contributed by atoms with E-state index in [-0.39, 0.29) is 0 Å². The highest BCUT2D eigenvalue weighted by Crippen LogP contribution is 2.19. The van der Waals surface area contributed by atoms with Gasteiger partial charge in [-0.15, -0.1) is 0 Å². The summed E-state index contributed by atoms with van der Waals surface area (Å²) in [6.07, 6.45) is 3.00. The van der Waals surface area contributed by atoms with E-state index in [9.17, 15) is 4.79 Å². The molecule has 82 valence electrons. The quantitative estimate of drug-likeness (QED) is 0.692. The molecule has 0 N–H and O–H groups in total. The van der Waals surface area contributed by atoms with Gasteiger partial charge in [0, 0.05) is 0 Å². The van der Waals surface area contributed by atoms with E-state index in [0.717, 1.165) is 19.1 Å². The number of ether oxygens (including phenoxy) is 1. The van der Waals surface area contributed by atoms with Gasteiger partial charge in [0.2, 0.25) is 0 Å². The van der Waals surface area contributed by atoms with Gasteiger partial charge in [0.1, 0.15) is 5.75 Å². The summed E-state index contributed by atoms with van der Waals surface area (Å²) < 4.78 is 5.09. The Morgan fingerprint density at radius 3 is 2.67 bits per heavy atom. The average Bonchev–Trinajstić information content (AvgIpc) is 2.25. The van der Waals surface area contributed by atoms with Crippen molar-refractivity contribution in [1.82, 2.24) is 0 Å². The van der Waals surface area contributed by atoms with Gasteiger partial charge >= 0.3 is 0 Å². The molecule has 0 unspecified atom stereocenters. The third-order valence-corrected chi connectivity index (χ3v) is 2.43. The molecule has 0 aliphatic carbocycles. The number of rotatable bonds is 5. The van der Waals surface area contributed by atoms with Crippen LogP contribution >= 0.6 is 0 Å². The van der Waals surface area contributed by atoms with Crippen LogP contribution in [0.3, 0.4) is 0 Å². The minimum atomic E-state index is 0.638. The van der Waals surface area contributed by atoms with Gasteiger partial charge in [0.25, 0.3) is 0 Å². The molecule has 0 aliphatic rings. The molecule has 2 heteroatoms. The summed E-state index contributed by atoms with van der Waals surface area (Å²) in [6.45, 7) is 4.40. The lowest BCUT2D eigenvalue weighted by molar-refractivity contribution is 0.112. The summed E-state index contributed by atoms with van der Waals surface area (Å²) in [6, 6.07) is 5.79. The van der Waals surface area contributed by atoms with Crippen molar-refractivity contribution in [3.8, 4) is 5.75 Å². The van der Waals surface area contributed by atoms with Crippen LogP contribution in [-0.2, 0) is 6.42 Å². The molecule has 0 radical (unpaired) electrons. The lowest BCUT2D eigenvalue weighted by Crippen LogP contribution is -1.95. The number of benzene rings is 1. The maximum Gasteiger partial charge on any atom is 0.153 e. The molecule has 1 aromatic carbocycles. The Hall–Kier alpha value is -1.31. The van der Waals surface area contributed by atoms with Crippen LogP contribution in [0.1, 0.15) is 36.2 Å². The van der Waals surface area contributed by atoms with Gasteiger partial charge in [-0.05, 0) is 36.5 Å². The highest BCUT2D eigenvalue weighted by Gasteiger charge is 2.03. The van der Waals surface area contributed by atoms with Gasteiger partial charge in [-0.25, -0.2) is 0 Å². The fourth-order valence-corrected chi connectivity index (χ4v) is 1.49. The van der Waals surface area contributed by atoms with Gasteiger partial charge in [-0.3, -0.25) is 4.79 Å². The van der Waals surface area contributed by atoms with Crippen LogP contribution in [0.5, 0.6) is 5.75 Å². The Labute approximate surface area is 91.3 Å². The van der Waals surface area contributed by atoms with E-state index in [2.05, 4.69) is 13.8 Å². The number of aryl methyl sites for hydroxylation is 1. The molecular formula is C13H18O2. The van der Waals surface area contributed by atoms with Crippen LogP contribution in [0.2, 0.25) is 0 Å². The number of aldehydes is 1. The highest BCUT2D eigenvalue weighted by molar-refractivity contribution is 5.79. The van der Waals surface area contributed by atoms with Gasteiger partial charge in [-0.1, -0.05) is 19.9 Å². The third kappa shape index (κ3) is 3.39. The van der Waals surface area contributed by atoms with Crippen LogP contribution < -0.4 is 4.74 Å². The van der Waals surface area contributed by atoms with E-state index in [4.69, 9.17) is 4.74 Å². The largest absolute Gasteiger partial charge is 0.496 e. The molecule has 0 fully saturated rings. The molecular weight excluding hydrogens is 188 g/mol. The van der Waals surface area contributed by atoms with Crippen molar-refractivity contribution in [2.45, 2.75) is 26.7 Å². The first-order valence-corrected chi connectivity index (χ1v) is 5.29. The summed E-state index contributed by atoms with van der Waals surface area (Å²) in [5, 5.41) is 0. The second-order valence-corrected chi connectivity index (χ2v) is 4.13. The Kier molecular flexibility index (Phi) is 4.35. The SMILES string of the molecule is COc1ccc(CCC(C)C)cc1C=O. The zero-order valence-electron chi connectivity index (χ0n) is 9.62. The first kappa shape index (κ1) is 11.8. The minimum Gasteiger partial charge on any atom is -0.496 e. The zero-order chi connectivity index (χ0) is 11.3. The van der Waals surface area contributed by atoms with Gasteiger partial charge in [0.15, 0.2) is 6.29 Å². The van der Waals surface area contributed by atoms with Gasteiger partial charge in [0.05, 0.1) is 12.7 Å². The van der Waals surface area contributed by atoms with E-state index >= 15 is 0 Å². The standard InChI is InChI=1S/C13H18O2/c1-10(2)4-5-11-6-7-13(15-3)12(8-11)9-14/h6-10H,4-5H2,1-3H3. The van der Waals surface area contributed by atoms with E-state index in [0.29, 0.717) is 17.2 Å². The fraction of sp³-hybridized carbons (Fsp3) is 0.462. The predicted molar refractivity (Wildman–Crippen MR) is 61.5 cm³/mol. The Bertz CT molecular complexity index is 329. The Morgan fingerprint density at radius 1 is 1.40 bits per heavy atom. The molecule has 0 bridgehead atoms. The third-order valence-electron chi connectivity index (χ3n) is 2.43. The monoisotopic (exact) mass is 206 g/mol. The molecule has 1 aromatic rings. The predicted octanol–water partition coefficient (Wildman–Crippen LogP) is 3.10. The fourth-order valence-electron chi connectivity index (χ4n) is 1.49. The summed E-state index contributed by atoms with van der Waals surface area (Å²) in [5.74, 6) is 1.34. The molecule has 1 rings (SSSR count). The first-order valence-electron chi connectivity index (χ1n) is 5.29. The molecule has 15 heavy (non-hydrogen) atoms. The summed E-state index contributed by atoms with van der Waals surface area (Å²) >= 11 is 0. The van der Waals surface area contributed by atoms with E-state index in [1.165, 1.54) is 5.56 Å². The van der Waals surface area contributed by atoms with E-state index in [1.807, 2.05) is 18.2 Å². The van der Waals surface area contributed by atoms with Crippen molar-refractivity contribution in [3.05, 3.63) is 29.3 Å². The van der Waals surface area contributed by atoms with Crippen molar-refractivity contribution >= 4 is 6.29 Å². The maximum atomic E-state index is 10.8. The summed E-state index contributed by atoms with van der Waals surface area (Å²) in [7, 11) is 1.58. The van der Waals surface area contributed by atoms with E-state index in [1.54, 1.807) is 7.11 Å². The molecule has 0 spiro atoms. The molecule has 0 atom stereocenters. The first-order chi connectivity index (χ1) is 7.17.